The molecule has 0 aliphatic heterocycles. The number of aromatic nitrogens is 2. The molecule has 0 aliphatic carbocycles. The molecule has 5 nitrogen and oxygen atoms in total. The van der Waals surface area contributed by atoms with Crippen LogP contribution in [0.15, 0.2) is 28.2 Å². The summed E-state index contributed by atoms with van der Waals surface area (Å²) in [5.41, 5.74) is -0.359. The maximum absolute atomic E-state index is 13.4. The zero-order valence-corrected chi connectivity index (χ0v) is 11.5. The van der Waals surface area contributed by atoms with Crippen LogP contribution in [0.2, 0.25) is 0 Å². The van der Waals surface area contributed by atoms with Crippen molar-refractivity contribution >= 4 is 11.8 Å². The van der Waals surface area contributed by atoms with Crippen LogP contribution in [-0.2, 0) is 0 Å². The number of aromatic amines is 1. The van der Waals surface area contributed by atoms with Crippen LogP contribution in [0.3, 0.4) is 0 Å². The predicted octanol–water partition coefficient (Wildman–Crippen LogP) is 2.18. The van der Waals surface area contributed by atoms with Gasteiger partial charge in [-0.05, 0) is 24.5 Å². The lowest BCUT2D eigenvalue weighted by molar-refractivity contribution is 0.415. The van der Waals surface area contributed by atoms with Gasteiger partial charge in [0.2, 0.25) is 0 Å². The molecule has 0 saturated heterocycles. The van der Waals surface area contributed by atoms with Gasteiger partial charge in [-0.25, -0.2) is 9.37 Å². The van der Waals surface area contributed by atoms with Crippen molar-refractivity contribution in [2.75, 3.05) is 13.4 Å². The van der Waals surface area contributed by atoms with Gasteiger partial charge < -0.3 is 9.72 Å². The average Bonchev–Trinajstić information content (AvgIpc) is 2.46. The van der Waals surface area contributed by atoms with E-state index in [0.717, 1.165) is 0 Å². The fraction of sp³-hybridized carbons (Fsp3) is 0.154. The molecule has 102 valence electrons. The molecule has 1 aromatic heterocycles. The molecule has 0 amide bonds. The lowest BCUT2D eigenvalue weighted by Crippen LogP contribution is -2.14. The Morgan fingerprint density at radius 2 is 2.25 bits per heavy atom. The van der Waals surface area contributed by atoms with Crippen LogP contribution in [0.25, 0.3) is 11.3 Å². The lowest BCUT2D eigenvalue weighted by Gasteiger charge is -2.09. The molecular formula is C13H10FN3O2S. The minimum atomic E-state index is -0.562. The van der Waals surface area contributed by atoms with Gasteiger partial charge in [-0.2, -0.15) is 5.26 Å². The highest BCUT2D eigenvalue weighted by Gasteiger charge is 2.17. The zero-order valence-electron chi connectivity index (χ0n) is 10.7. The van der Waals surface area contributed by atoms with Gasteiger partial charge in [-0.1, -0.05) is 11.8 Å². The van der Waals surface area contributed by atoms with Crippen LogP contribution in [0.5, 0.6) is 5.75 Å². The van der Waals surface area contributed by atoms with Gasteiger partial charge >= 0.3 is 0 Å². The number of hydrogen-bond acceptors (Lipinski definition) is 5. The molecule has 0 fully saturated rings. The Bertz CT molecular complexity index is 752. The molecule has 0 aliphatic rings. The summed E-state index contributed by atoms with van der Waals surface area (Å²) in [6, 6.07) is 5.63. The quantitative estimate of drug-likeness (QED) is 0.692. The molecule has 1 aromatic carbocycles. The number of H-pyrrole nitrogens is 1. The summed E-state index contributed by atoms with van der Waals surface area (Å²) >= 11 is 1.22. The first-order valence-electron chi connectivity index (χ1n) is 5.53. The van der Waals surface area contributed by atoms with Crippen molar-refractivity contribution in [2.45, 2.75) is 5.16 Å². The maximum Gasteiger partial charge on any atom is 0.270 e. The van der Waals surface area contributed by atoms with E-state index < -0.39 is 11.4 Å². The van der Waals surface area contributed by atoms with E-state index in [2.05, 4.69) is 9.97 Å². The maximum atomic E-state index is 13.4. The van der Waals surface area contributed by atoms with Crippen LogP contribution in [0, 0.1) is 17.1 Å². The van der Waals surface area contributed by atoms with Crippen molar-refractivity contribution in [2.24, 2.45) is 0 Å². The van der Waals surface area contributed by atoms with Crippen molar-refractivity contribution < 1.29 is 9.13 Å². The summed E-state index contributed by atoms with van der Waals surface area (Å²) in [7, 11) is 1.42. The van der Waals surface area contributed by atoms with Gasteiger partial charge in [0.05, 0.1) is 7.11 Å². The van der Waals surface area contributed by atoms with E-state index in [9.17, 15) is 9.18 Å². The van der Waals surface area contributed by atoms with E-state index in [1.165, 1.54) is 37.1 Å². The lowest BCUT2D eigenvalue weighted by atomic mass is 10.1. The second kappa shape index (κ2) is 5.75. The Morgan fingerprint density at radius 3 is 2.85 bits per heavy atom. The minimum absolute atomic E-state index is 0.108. The summed E-state index contributed by atoms with van der Waals surface area (Å²) in [5.74, 6) is -0.162. The number of nitriles is 1. The Labute approximate surface area is 118 Å². The number of benzene rings is 1. The van der Waals surface area contributed by atoms with E-state index in [1.54, 1.807) is 12.3 Å². The van der Waals surface area contributed by atoms with Crippen LogP contribution >= 0.6 is 11.8 Å². The van der Waals surface area contributed by atoms with Gasteiger partial charge in [0.1, 0.15) is 28.9 Å². The number of nitrogens with zero attached hydrogens (tertiary/aromatic N) is 2. The highest BCUT2D eigenvalue weighted by atomic mass is 32.2. The Balaban J connectivity index is 2.81. The average molecular weight is 291 g/mol. The van der Waals surface area contributed by atoms with Crippen molar-refractivity contribution in [1.82, 2.24) is 9.97 Å². The third-order valence-corrected chi connectivity index (χ3v) is 3.20. The van der Waals surface area contributed by atoms with E-state index in [-0.39, 0.29) is 16.8 Å². The summed E-state index contributed by atoms with van der Waals surface area (Å²) in [4.78, 5) is 18.5. The molecular weight excluding hydrogens is 281 g/mol. The highest BCUT2D eigenvalue weighted by Crippen LogP contribution is 2.31. The van der Waals surface area contributed by atoms with Gasteiger partial charge in [-0.15, -0.1) is 0 Å². The fourth-order valence-electron chi connectivity index (χ4n) is 1.71. The summed E-state index contributed by atoms with van der Waals surface area (Å²) in [6.45, 7) is 0. The van der Waals surface area contributed by atoms with Crippen LogP contribution < -0.4 is 10.3 Å². The van der Waals surface area contributed by atoms with Crippen molar-refractivity contribution in [3.8, 4) is 23.1 Å². The number of nitrogens with one attached hydrogen (secondary N) is 1. The second-order valence-corrected chi connectivity index (χ2v) is 4.55. The first kappa shape index (κ1) is 14.1. The van der Waals surface area contributed by atoms with Crippen molar-refractivity contribution in [3.05, 3.63) is 39.9 Å². The highest BCUT2D eigenvalue weighted by molar-refractivity contribution is 7.98. The topological polar surface area (TPSA) is 78.8 Å². The van der Waals surface area contributed by atoms with Gasteiger partial charge in [-0.3, -0.25) is 4.79 Å². The molecule has 2 aromatic rings. The Kier molecular flexibility index (Phi) is 4.05. The van der Waals surface area contributed by atoms with E-state index in [4.69, 9.17) is 10.00 Å². The van der Waals surface area contributed by atoms with Gasteiger partial charge in [0.15, 0.2) is 5.16 Å². The summed E-state index contributed by atoms with van der Waals surface area (Å²) < 4.78 is 18.6. The van der Waals surface area contributed by atoms with Gasteiger partial charge in [0.25, 0.3) is 5.56 Å². The molecule has 0 atom stereocenters. The predicted molar refractivity (Wildman–Crippen MR) is 73.3 cm³/mol. The molecule has 20 heavy (non-hydrogen) atoms. The standard InChI is InChI=1S/C13H10FN3O2S/c1-19-10-4-3-7(14)5-8(10)11-9(6-15)12(18)17-13(16-11)20-2/h3-5H,1-2H3,(H,16,17,18). The number of ether oxygens (including phenoxy) is 1. The molecule has 0 saturated carbocycles. The molecule has 0 spiro atoms. The largest absolute Gasteiger partial charge is 0.496 e. The van der Waals surface area contributed by atoms with Gasteiger partial charge in [0, 0.05) is 5.56 Å². The second-order valence-electron chi connectivity index (χ2n) is 3.76. The van der Waals surface area contributed by atoms with Crippen LogP contribution in [-0.4, -0.2) is 23.3 Å². The number of thioether (sulfide) groups is 1. The van der Waals surface area contributed by atoms with Crippen LogP contribution in [0.1, 0.15) is 5.56 Å². The number of rotatable bonds is 3. The van der Waals surface area contributed by atoms with Crippen molar-refractivity contribution in [1.29, 1.82) is 5.26 Å². The smallest absolute Gasteiger partial charge is 0.270 e. The fourth-order valence-corrected chi connectivity index (χ4v) is 2.09. The first-order chi connectivity index (χ1) is 9.60. The molecule has 2 rings (SSSR count). The van der Waals surface area contributed by atoms with Crippen molar-refractivity contribution in [3.63, 3.8) is 0 Å². The van der Waals surface area contributed by atoms with E-state index >= 15 is 0 Å². The number of halogens is 1. The van der Waals surface area contributed by atoms with E-state index in [1.807, 2.05) is 0 Å². The Hall–Kier alpha value is -2.33. The van der Waals surface area contributed by atoms with Crippen LogP contribution in [0.4, 0.5) is 4.39 Å². The number of methoxy groups -OCH3 is 1. The molecule has 1 N–H and O–H groups in total. The molecule has 1 heterocycles. The molecule has 0 unspecified atom stereocenters. The van der Waals surface area contributed by atoms with E-state index in [0.29, 0.717) is 10.9 Å². The summed E-state index contributed by atoms with van der Waals surface area (Å²) in [6.07, 6.45) is 1.73. The summed E-state index contributed by atoms with van der Waals surface area (Å²) in [5, 5.41) is 9.45. The zero-order chi connectivity index (χ0) is 14.7. The SMILES string of the molecule is COc1ccc(F)cc1-c1nc(SC)[nH]c(=O)c1C#N. The Morgan fingerprint density at radius 1 is 1.50 bits per heavy atom. The molecule has 7 heteroatoms. The third kappa shape index (κ3) is 2.51. The normalized spacial score (nSPS) is 10.1. The monoisotopic (exact) mass is 291 g/mol. The first-order valence-corrected chi connectivity index (χ1v) is 6.75. The molecule has 0 radical (unpaired) electrons. The molecule has 0 bridgehead atoms. The third-order valence-electron chi connectivity index (χ3n) is 2.62. The number of hydrogen-bond donors (Lipinski definition) is 1. The minimum Gasteiger partial charge on any atom is -0.496 e.